The molecule has 0 bridgehead atoms. The molecule has 2 atom stereocenters. The van der Waals surface area contributed by atoms with Gasteiger partial charge in [0.05, 0.1) is 0 Å². The summed E-state index contributed by atoms with van der Waals surface area (Å²) in [5.74, 6) is 1.07. The lowest BCUT2D eigenvalue weighted by atomic mass is 9.87. The lowest BCUT2D eigenvalue weighted by Crippen LogP contribution is -2.43. The molecule has 2 fully saturated rings. The second kappa shape index (κ2) is 5.43. The average molecular weight is 285 g/mol. The topological polar surface area (TPSA) is 55.7 Å². The molecule has 5 heteroatoms. The van der Waals surface area contributed by atoms with Crippen molar-refractivity contribution >= 4 is 15.9 Å². The molecule has 0 N–H and O–H groups in total. The Morgan fingerprint density at radius 1 is 1.00 bits per heavy atom. The third-order valence-corrected chi connectivity index (χ3v) is 6.49. The normalized spacial score (nSPS) is 35.1. The fraction of sp³-hybridized carbons (Fsp3) is 0.929. The van der Waals surface area contributed by atoms with Gasteiger partial charge in [0.25, 0.3) is 10.0 Å². The highest BCUT2D eigenvalue weighted by Crippen LogP contribution is 2.34. The molecule has 3 rings (SSSR count). The molecule has 0 spiro atoms. The van der Waals surface area contributed by atoms with E-state index in [1.165, 1.54) is 32.1 Å². The van der Waals surface area contributed by atoms with Crippen LogP contribution in [-0.4, -0.2) is 25.7 Å². The smallest absolute Gasteiger partial charge is 0.262 e. The molecular weight excluding hydrogens is 262 g/mol. The number of fused-ring (bicyclic) bond motifs is 1. The van der Waals surface area contributed by atoms with Crippen molar-refractivity contribution in [3.63, 3.8) is 0 Å². The molecule has 1 aliphatic heterocycles. The van der Waals surface area contributed by atoms with Gasteiger partial charge < -0.3 is 4.74 Å². The third kappa shape index (κ3) is 2.96. The molecule has 0 amide bonds. The summed E-state index contributed by atoms with van der Waals surface area (Å²) in [6.07, 6.45) is 10.5. The molecule has 108 valence electrons. The minimum Gasteiger partial charge on any atom is -0.475 e. The van der Waals surface area contributed by atoms with Gasteiger partial charge in [-0.2, -0.15) is 0 Å². The van der Waals surface area contributed by atoms with Crippen LogP contribution < -0.4 is 0 Å². The molecule has 2 aliphatic carbocycles. The Kier molecular flexibility index (Phi) is 3.83. The zero-order valence-corrected chi connectivity index (χ0v) is 12.2. The van der Waals surface area contributed by atoms with Crippen LogP contribution in [0.4, 0.5) is 0 Å². The van der Waals surface area contributed by atoms with Crippen molar-refractivity contribution in [2.24, 2.45) is 10.3 Å². The van der Waals surface area contributed by atoms with Crippen molar-refractivity contribution in [3.8, 4) is 0 Å². The highest BCUT2D eigenvalue weighted by molar-refractivity contribution is 7.91. The van der Waals surface area contributed by atoms with Crippen LogP contribution in [0.25, 0.3) is 0 Å². The van der Waals surface area contributed by atoms with Gasteiger partial charge in [-0.05, 0) is 38.0 Å². The number of rotatable bonds is 2. The lowest BCUT2D eigenvalue weighted by Gasteiger charge is -2.35. The van der Waals surface area contributed by atoms with Crippen molar-refractivity contribution in [1.29, 1.82) is 0 Å². The third-order valence-electron chi connectivity index (χ3n) is 4.73. The SMILES string of the molecule is O=S1(=O)N=C(CC2CCCCC2)OC2CCCCC21. The van der Waals surface area contributed by atoms with E-state index in [0.717, 1.165) is 25.7 Å². The first-order chi connectivity index (χ1) is 9.15. The zero-order valence-electron chi connectivity index (χ0n) is 11.4. The Bertz CT molecular complexity index is 451. The minimum absolute atomic E-state index is 0.130. The van der Waals surface area contributed by atoms with Gasteiger partial charge in [0, 0.05) is 6.42 Å². The number of hydrogen-bond acceptors (Lipinski definition) is 3. The van der Waals surface area contributed by atoms with Gasteiger partial charge in [0.15, 0.2) is 0 Å². The van der Waals surface area contributed by atoms with E-state index in [-0.39, 0.29) is 11.4 Å². The van der Waals surface area contributed by atoms with Gasteiger partial charge in [0.1, 0.15) is 11.4 Å². The van der Waals surface area contributed by atoms with Crippen LogP contribution in [0.2, 0.25) is 0 Å². The van der Waals surface area contributed by atoms with Gasteiger partial charge in [-0.1, -0.05) is 25.7 Å². The molecule has 19 heavy (non-hydrogen) atoms. The van der Waals surface area contributed by atoms with Crippen LogP contribution in [0.5, 0.6) is 0 Å². The number of nitrogens with zero attached hydrogens (tertiary/aromatic N) is 1. The van der Waals surface area contributed by atoms with Crippen molar-refractivity contribution in [2.75, 3.05) is 0 Å². The van der Waals surface area contributed by atoms with Crippen LogP contribution in [0.15, 0.2) is 4.40 Å². The summed E-state index contributed by atoms with van der Waals surface area (Å²) in [4.78, 5) is 0. The first-order valence-corrected chi connectivity index (χ1v) is 9.15. The van der Waals surface area contributed by atoms with E-state index in [9.17, 15) is 8.42 Å². The van der Waals surface area contributed by atoms with Gasteiger partial charge in [0.2, 0.25) is 5.90 Å². The van der Waals surface area contributed by atoms with Crippen LogP contribution in [0.3, 0.4) is 0 Å². The van der Waals surface area contributed by atoms with E-state index in [1.807, 2.05) is 0 Å². The Morgan fingerprint density at radius 3 is 2.47 bits per heavy atom. The zero-order chi connectivity index (χ0) is 13.3. The number of ether oxygens (including phenoxy) is 1. The van der Waals surface area contributed by atoms with Crippen molar-refractivity contribution in [2.45, 2.75) is 75.6 Å². The minimum atomic E-state index is -3.32. The Balaban J connectivity index is 1.73. The number of sulfonamides is 1. The Labute approximate surface area is 115 Å². The summed E-state index contributed by atoms with van der Waals surface area (Å²) in [6, 6.07) is 0. The van der Waals surface area contributed by atoms with Crippen molar-refractivity contribution < 1.29 is 13.2 Å². The molecule has 4 nitrogen and oxygen atoms in total. The van der Waals surface area contributed by atoms with Gasteiger partial charge in [-0.25, -0.2) is 8.42 Å². The van der Waals surface area contributed by atoms with E-state index in [1.54, 1.807) is 0 Å². The van der Waals surface area contributed by atoms with Crippen molar-refractivity contribution in [3.05, 3.63) is 0 Å². The maximum Gasteiger partial charge on any atom is 0.262 e. The monoisotopic (exact) mass is 285 g/mol. The fourth-order valence-corrected chi connectivity index (χ4v) is 5.24. The van der Waals surface area contributed by atoms with E-state index in [4.69, 9.17) is 4.74 Å². The molecule has 0 saturated heterocycles. The predicted octanol–water partition coefficient (Wildman–Crippen LogP) is 3.03. The highest BCUT2D eigenvalue weighted by Gasteiger charge is 2.41. The quantitative estimate of drug-likeness (QED) is 0.783. The van der Waals surface area contributed by atoms with E-state index in [0.29, 0.717) is 18.2 Å². The molecule has 0 radical (unpaired) electrons. The van der Waals surface area contributed by atoms with Crippen LogP contribution in [0, 0.1) is 5.92 Å². The summed E-state index contributed by atoms with van der Waals surface area (Å²) in [6.45, 7) is 0. The van der Waals surface area contributed by atoms with Crippen LogP contribution >= 0.6 is 0 Å². The predicted molar refractivity (Wildman–Crippen MR) is 74.7 cm³/mol. The first-order valence-electron chi connectivity index (χ1n) is 7.64. The van der Waals surface area contributed by atoms with Gasteiger partial charge in [-0.15, -0.1) is 4.40 Å². The first kappa shape index (κ1) is 13.4. The van der Waals surface area contributed by atoms with E-state index >= 15 is 0 Å². The Hall–Kier alpha value is -0.580. The molecule has 1 heterocycles. The largest absolute Gasteiger partial charge is 0.475 e. The molecule has 2 unspecified atom stereocenters. The van der Waals surface area contributed by atoms with Crippen molar-refractivity contribution in [1.82, 2.24) is 0 Å². The number of hydrogen-bond donors (Lipinski definition) is 0. The molecule has 0 aromatic heterocycles. The van der Waals surface area contributed by atoms with Gasteiger partial charge >= 0.3 is 0 Å². The van der Waals surface area contributed by atoms with E-state index in [2.05, 4.69) is 4.40 Å². The molecule has 0 aromatic carbocycles. The van der Waals surface area contributed by atoms with Crippen LogP contribution in [-0.2, 0) is 14.8 Å². The summed E-state index contributed by atoms with van der Waals surface area (Å²) in [7, 11) is -3.32. The highest BCUT2D eigenvalue weighted by atomic mass is 32.2. The molecule has 0 aromatic rings. The van der Waals surface area contributed by atoms with E-state index < -0.39 is 10.0 Å². The molecular formula is C14H23NO3S. The standard InChI is InChI=1S/C14H23NO3S/c16-19(17)13-9-5-4-8-12(13)18-14(15-19)10-11-6-2-1-3-7-11/h11-13H,1-10H2. The summed E-state index contributed by atoms with van der Waals surface area (Å²) in [5, 5.41) is -0.378. The maximum atomic E-state index is 12.2. The summed E-state index contributed by atoms with van der Waals surface area (Å²) in [5.41, 5.74) is 0. The Morgan fingerprint density at radius 2 is 1.68 bits per heavy atom. The second-order valence-corrected chi connectivity index (χ2v) is 8.01. The fourth-order valence-electron chi connectivity index (χ4n) is 3.67. The molecule has 2 saturated carbocycles. The summed E-state index contributed by atoms with van der Waals surface area (Å²) < 4.78 is 34.3. The lowest BCUT2D eigenvalue weighted by molar-refractivity contribution is 0.132. The summed E-state index contributed by atoms with van der Waals surface area (Å²) >= 11 is 0. The van der Waals surface area contributed by atoms with Gasteiger partial charge in [-0.3, -0.25) is 0 Å². The second-order valence-electron chi connectivity index (χ2n) is 6.19. The molecule has 3 aliphatic rings. The average Bonchev–Trinajstić information content (AvgIpc) is 2.39. The maximum absolute atomic E-state index is 12.2. The van der Waals surface area contributed by atoms with Crippen LogP contribution in [0.1, 0.15) is 64.2 Å².